The quantitative estimate of drug-likeness (QED) is 0.800. The van der Waals surface area contributed by atoms with Gasteiger partial charge in [0.05, 0.1) is 12.0 Å². The zero-order valence-electron chi connectivity index (χ0n) is 11.3. The molecule has 1 atom stereocenters. The Hall–Kier alpha value is -1.36. The third kappa shape index (κ3) is 1.71. The van der Waals surface area contributed by atoms with Crippen molar-refractivity contribution in [3.05, 3.63) is 30.1 Å². The maximum Gasteiger partial charge on any atom is 0.0770 e. The fraction of sp³-hybridized carbons (Fsp3) is 0.647. The number of nitriles is 1. The van der Waals surface area contributed by atoms with Crippen LogP contribution in [0.4, 0.5) is 0 Å². The summed E-state index contributed by atoms with van der Waals surface area (Å²) < 4.78 is 0. The van der Waals surface area contributed by atoms with Crippen molar-refractivity contribution in [1.82, 2.24) is 4.98 Å². The molecule has 0 radical (unpaired) electrons. The van der Waals surface area contributed by atoms with E-state index in [0.717, 1.165) is 17.8 Å². The minimum atomic E-state index is 0.0869. The zero-order chi connectivity index (χ0) is 12.9. The number of rotatable bonds is 2. The molecular weight excluding hydrogens is 232 g/mol. The van der Waals surface area contributed by atoms with Gasteiger partial charge in [0, 0.05) is 12.4 Å². The van der Waals surface area contributed by atoms with Crippen LogP contribution in [-0.2, 0) is 0 Å². The third-order valence-corrected chi connectivity index (χ3v) is 5.87. The average Bonchev–Trinajstić information content (AvgIpc) is 2.38. The van der Waals surface area contributed by atoms with Crippen molar-refractivity contribution in [3.63, 3.8) is 0 Å². The van der Waals surface area contributed by atoms with E-state index in [2.05, 4.69) is 11.1 Å². The van der Waals surface area contributed by atoms with E-state index in [9.17, 15) is 5.26 Å². The first-order valence-corrected chi connectivity index (χ1v) is 7.58. The monoisotopic (exact) mass is 252 g/mol. The molecular formula is C17H20N2. The lowest BCUT2D eigenvalue weighted by Crippen LogP contribution is -2.48. The Morgan fingerprint density at radius 3 is 2.05 bits per heavy atom. The molecule has 4 fully saturated rings. The number of aromatic nitrogens is 1. The summed E-state index contributed by atoms with van der Waals surface area (Å²) in [4.78, 5) is 4.10. The van der Waals surface area contributed by atoms with Crippen molar-refractivity contribution >= 4 is 0 Å². The van der Waals surface area contributed by atoms with Crippen LogP contribution in [0.15, 0.2) is 24.5 Å². The molecule has 0 saturated heterocycles. The molecule has 1 aromatic heterocycles. The molecule has 0 aliphatic heterocycles. The summed E-state index contributed by atoms with van der Waals surface area (Å²) in [5.74, 6) is 2.81. The van der Waals surface area contributed by atoms with E-state index >= 15 is 0 Å². The van der Waals surface area contributed by atoms with Gasteiger partial charge < -0.3 is 0 Å². The van der Waals surface area contributed by atoms with Crippen LogP contribution in [-0.4, -0.2) is 4.98 Å². The van der Waals surface area contributed by atoms with Crippen molar-refractivity contribution in [1.29, 1.82) is 5.26 Å². The van der Waals surface area contributed by atoms with Gasteiger partial charge in [-0.05, 0) is 79.4 Å². The van der Waals surface area contributed by atoms with Gasteiger partial charge in [0.15, 0.2) is 0 Å². The maximum atomic E-state index is 9.77. The summed E-state index contributed by atoms with van der Waals surface area (Å²) in [5.41, 5.74) is 1.48. The molecule has 2 heteroatoms. The molecule has 0 N–H and O–H groups in total. The normalized spacial score (nSPS) is 40.9. The first-order valence-electron chi connectivity index (χ1n) is 7.58. The van der Waals surface area contributed by atoms with Crippen molar-refractivity contribution in [2.75, 3.05) is 0 Å². The molecule has 98 valence electrons. The van der Waals surface area contributed by atoms with Crippen LogP contribution >= 0.6 is 0 Å². The van der Waals surface area contributed by atoms with E-state index in [1.54, 1.807) is 0 Å². The summed E-state index contributed by atoms with van der Waals surface area (Å²) in [6, 6.07) is 6.74. The van der Waals surface area contributed by atoms with Gasteiger partial charge in [-0.1, -0.05) is 0 Å². The molecule has 4 aliphatic rings. The van der Waals surface area contributed by atoms with Crippen LogP contribution in [0.3, 0.4) is 0 Å². The lowest BCUT2D eigenvalue weighted by molar-refractivity contribution is -0.0594. The highest BCUT2D eigenvalue weighted by atomic mass is 14.6. The maximum absolute atomic E-state index is 9.77. The van der Waals surface area contributed by atoms with E-state index in [0.29, 0.717) is 0 Å². The molecule has 1 heterocycles. The van der Waals surface area contributed by atoms with Crippen LogP contribution in [0.2, 0.25) is 0 Å². The molecule has 0 amide bonds. The molecule has 4 saturated carbocycles. The average molecular weight is 252 g/mol. The van der Waals surface area contributed by atoms with Crippen LogP contribution in [0.1, 0.15) is 50.0 Å². The Labute approximate surface area is 114 Å². The van der Waals surface area contributed by atoms with Gasteiger partial charge >= 0.3 is 0 Å². The van der Waals surface area contributed by atoms with E-state index in [1.807, 2.05) is 24.5 Å². The molecule has 5 rings (SSSR count). The van der Waals surface area contributed by atoms with Gasteiger partial charge in [0.1, 0.15) is 0 Å². The van der Waals surface area contributed by atoms with Crippen LogP contribution in [0.25, 0.3) is 0 Å². The molecule has 19 heavy (non-hydrogen) atoms. The fourth-order valence-corrected chi connectivity index (χ4v) is 5.65. The van der Waals surface area contributed by atoms with Crippen molar-refractivity contribution < 1.29 is 0 Å². The Bertz CT molecular complexity index is 479. The molecule has 0 aromatic carbocycles. The van der Waals surface area contributed by atoms with Crippen molar-refractivity contribution in [2.45, 2.75) is 44.4 Å². The first-order chi connectivity index (χ1) is 9.29. The fourth-order valence-electron chi connectivity index (χ4n) is 5.65. The smallest absolute Gasteiger partial charge is 0.0770 e. The number of hydrogen-bond acceptors (Lipinski definition) is 2. The highest BCUT2D eigenvalue weighted by Gasteiger charge is 2.54. The topological polar surface area (TPSA) is 36.7 Å². The highest BCUT2D eigenvalue weighted by Crippen LogP contribution is 2.64. The van der Waals surface area contributed by atoms with Crippen molar-refractivity contribution in [2.24, 2.45) is 23.2 Å². The molecule has 1 unspecified atom stereocenters. The standard InChI is InChI=1S/C17H20N2/c18-11-16(15-1-3-19-4-2-15)17-8-12-5-13(9-17)7-14(6-12)10-17/h1-4,12-14,16H,5-10H2. The minimum absolute atomic E-state index is 0.0869. The SMILES string of the molecule is N#CC(c1ccncc1)C12CC3CC(CC(C3)C1)C2. The Kier molecular flexibility index (Phi) is 2.45. The van der Waals surface area contributed by atoms with Gasteiger partial charge in [0.25, 0.3) is 0 Å². The highest BCUT2D eigenvalue weighted by molar-refractivity contribution is 5.28. The molecule has 1 aromatic rings. The minimum Gasteiger partial charge on any atom is -0.265 e. The zero-order valence-corrected chi connectivity index (χ0v) is 11.3. The predicted octanol–water partition coefficient (Wildman–Crippen LogP) is 3.91. The lowest BCUT2D eigenvalue weighted by atomic mass is 9.46. The Morgan fingerprint density at radius 2 is 1.58 bits per heavy atom. The number of nitrogens with zero attached hydrogens (tertiary/aromatic N) is 2. The second kappa shape index (κ2) is 4.07. The van der Waals surface area contributed by atoms with Gasteiger partial charge in [-0.2, -0.15) is 5.26 Å². The van der Waals surface area contributed by atoms with Gasteiger partial charge in [-0.25, -0.2) is 0 Å². The summed E-state index contributed by atoms with van der Waals surface area (Å²) in [6.45, 7) is 0. The summed E-state index contributed by atoms with van der Waals surface area (Å²) in [7, 11) is 0. The molecule has 0 spiro atoms. The Morgan fingerprint density at radius 1 is 1.05 bits per heavy atom. The summed E-state index contributed by atoms with van der Waals surface area (Å²) in [5, 5.41) is 9.77. The molecule has 4 aliphatic carbocycles. The first kappa shape index (κ1) is 11.5. The predicted molar refractivity (Wildman–Crippen MR) is 73.2 cm³/mol. The molecule has 4 bridgehead atoms. The van der Waals surface area contributed by atoms with Gasteiger partial charge in [0.2, 0.25) is 0 Å². The van der Waals surface area contributed by atoms with E-state index in [-0.39, 0.29) is 11.3 Å². The number of hydrogen-bond donors (Lipinski definition) is 0. The Balaban J connectivity index is 1.72. The van der Waals surface area contributed by atoms with Crippen LogP contribution < -0.4 is 0 Å². The lowest BCUT2D eigenvalue weighted by Gasteiger charge is -2.58. The third-order valence-electron chi connectivity index (χ3n) is 5.87. The molecule has 2 nitrogen and oxygen atoms in total. The van der Waals surface area contributed by atoms with Crippen LogP contribution in [0, 0.1) is 34.5 Å². The largest absolute Gasteiger partial charge is 0.265 e. The van der Waals surface area contributed by atoms with Crippen molar-refractivity contribution in [3.8, 4) is 6.07 Å². The van der Waals surface area contributed by atoms with Crippen LogP contribution in [0.5, 0.6) is 0 Å². The second-order valence-electron chi connectivity index (χ2n) is 7.12. The second-order valence-corrected chi connectivity index (χ2v) is 7.12. The number of pyridine rings is 1. The van der Waals surface area contributed by atoms with E-state index in [1.165, 1.54) is 44.1 Å². The van der Waals surface area contributed by atoms with Gasteiger partial charge in [-0.15, -0.1) is 0 Å². The summed E-state index contributed by atoms with van der Waals surface area (Å²) in [6.07, 6.45) is 11.9. The van der Waals surface area contributed by atoms with E-state index < -0.39 is 0 Å². The summed E-state index contributed by atoms with van der Waals surface area (Å²) >= 11 is 0. The van der Waals surface area contributed by atoms with E-state index in [4.69, 9.17) is 0 Å². The van der Waals surface area contributed by atoms with Gasteiger partial charge in [-0.3, -0.25) is 4.98 Å².